The van der Waals surface area contributed by atoms with E-state index in [0.29, 0.717) is 29.6 Å². The van der Waals surface area contributed by atoms with Crippen LogP contribution in [0.5, 0.6) is 11.5 Å². The lowest BCUT2D eigenvalue weighted by molar-refractivity contribution is 0.227. The highest BCUT2D eigenvalue weighted by Crippen LogP contribution is 2.30. The first-order valence-corrected chi connectivity index (χ1v) is 8.95. The summed E-state index contributed by atoms with van der Waals surface area (Å²) in [5.74, 6) is 1.43. The van der Waals surface area contributed by atoms with E-state index in [2.05, 4.69) is 44.3 Å². The van der Waals surface area contributed by atoms with E-state index in [0.717, 1.165) is 26.2 Å². The smallest absolute Gasteiger partial charge is 0.247 e. The summed E-state index contributed by atoms with van der Waals surface area (Å²) in [5.41, 5.74) is 1.93. The summed E-state index contributed by atoms with van der Waals surface area (Å²) >= 11 is 0. The minimum Gasteiger partial charge on any atom is -0.504 e. The Kier molecular flexibility index (Phi) is 4.93. The minimum atomic E-state index is 0.0479. The zero-order valence-electron chi connectivity index (χ0n) is 15.2. The Labute approximate surface area is 157 Å². The standard InChI is InChI=1S/C20H22N4O3/c1-26-18-8-7-15(13-17(18)25)20-22-21-19(27-20)14-23-9-11-24(12-10-23)16-5-3-2-4-6-16/h2-8,13,25H,9-12,14H2,1H3. The van der Waals surface area contributed by atoms with Crippen molar-refractivity contribution in [3.63, 3.8) is 0 Å². The molecule has 7 nitrogen and oxygen atoms in total. The Balaban J connectivity index is 1.37. The highest BCUT2D eigenvalue weighted by molar-refractivity contribution is 5.59. The fraction of sp³-hybridized carbons (Fsp3) is 0.300. The summed E-state index contributed by atoms with van der Waals surface area (Å²) in [6.45, 7) is 4.44. The van der Waals surface area contributed by atoms with Gasteiger partial charge in [0.15, 0.2) is 11.5 Å². The van der Waals surface area contributed by atoms with Gasteiger partial charge in [-0.15, -0.1) is 10.2 Å². The van der Waals surface area contributed by atoms with E-state index in [1.165, 1.54) is 12.8 Å². The molecule has 4 rings (SSSR count). The average molecular weight is 366 g/mol. The number of aromatic nitrogens is 2. The molecule has 0 amide bonds. The van der Waals surface area contributed by atoms with E-state index in [9.17, 15) is 5.11 Å². The number of benzene rings is 2. The predicted molar refractivity (Wildman–Crippen MR) is 102 cm³/mol. The number of rotatable bonds is 5. The Morgan fingerprint density at radius 3 is 2.52 bits per heavy atom. The number of hydrogen-bond acceptors (Lipinski definition) is 7. The Hall–Kier alpha value is -3.06. The molecule has 0 unspecified atom stereocenters. The lowest BCUT2D eigenvalue weighted by Crippen LogP contribution is -2.46. The average Bonchev–Trinajstić information content (AvgIpc) is 3.18. The van der Waals surface area contributed by atoms with Gasteiger partial charge in [-0.3, -0.25) is 4.90 Å². The third kappa shape index (κ3) is 3.88. The third-order valence-corrected chi connectivity index (χ3v) is 4.75. The van der Waals surface area contributed by atoms with Crippen LogP contribution < -0.4 is 9.64 Å². The van der Waals surface area contributed by atoms with Crippen molar-refractivity contribution in [3.05, 3.63) is 54.4 Å². The molecule has 1 aliphatic rings. The molecule has 0 spiro atoms. The van der Waals surface area contributed by atoms with Gasteiger partial charge >= 0.3 is 0 Å². The lowest BCUT2D eigenvalue weighted by Gasteiger charge is -2.35. The summed E-state index contributed by atoms with van der Waals surface area (Å²) in [5, 5.41) is 18.2. The van der Waals surface area contributed by atoms with Crippen LogP contribution in [0.2, 0.25) is 0 Å². The maximum atomic E-state index is 9.91. The van der Waals surface area contributed by atoms with Gasteiger partial charge in [-0.25, -0.2) is 0 Å². The summed E-state index contributed by atoms with van der Waals surface area (Å²) < 4.78 is 10.8. The van der Waals surface area contributed by atoms with E-state index in [-0.39, 0.29) is 5.75 Å². The van der Waals surface area contributed by atoms with Crippen LogP contribution in [0, 0.1) is 0 Å². The first-order chi connectivity index (χ1) is 13.2. The molecule has 1 aliphatic heterocycles. The first kappa shape index (κ1) is 17.4. The molecule has 1 aromatic heterocycles. The number of phenolic OH excluding ortho intramolecular Hbond substituents is 1. The highest BCUT2D eigenvalue weighted by Gasteiger charge is 2.20. The topological polar surface area (TPSA) is 74.9 Å². The van der Waals surface area contributed by atoms with Crippen LogP contribution >= 0.6 is 0 Å². The molecule has 0 atom stereocenters. The molecule has 27 heavy (non-hydrogen) atoms. The second-order valence-corrected chi connectivity index (χ2v) is 6.49. The van der Waals surface area contributed by atoms with Crippen LogP contribution in [0.1, 0.15) is 5.89 Å². The molecule has 7 heteroatoms. The minimum absolute atomic E-state index is 0.0479. The maximum absolute atomic E-state index is 9.91. The number of anilines is 1. The quantitative estimate of drug-likeness (QED) is 0.744. The van der Waals surface area contributed by atoms with Crippen molar-refractivity contribution in [2.75, 3.05) is 38.2 Å². The molecule has 1 fully saturated rings. The van der Waals surface area contributed by atoms with E-state index in [1.54, 1.807) is 18.2 Å². The molecule has 0 radical (unpaired) electrons. The third-order valence-electron chi connectivity index (χ3n) is 4.75. The summed E-state index contributed by atoms with van der Waals surface area (Å²) in [4.78, 5) is 4.69. The predicted octanol–water partition coefficient (Wildman–Crippen LogP) is 2.77. The largest absolute Gasteiger partial charge is 0.504 e. The fourth-order valence-corrected chi connectivity index (χ4v) is 3.25. The highest BCUT2D eigenvalue weighted by atomic mass is 16.5. The second kappa shape index (κ2) is 7.67. The van der Waals surface area contributed by atoms with Gasteiger partial charge in [0.25, 0.3) is 0 Å². The molecule has 1 N–H and O–H groups in total. The van der Waals surface area contributed by atoms with Crippen LogP contribution in [-0.4, -0.2) is 53.5 Å². The van der Waals surface area contributed by atoms with Crippen molar-refractivity contribution in [1.29, 1.82) is 0 Å². The van der Waals surface area contributed by atoms with Crippen molar-refractivity contribution in [2.24, 2.45) is 0 Å². The van der Waals surface area contributed by atoms with E-state index < -0.39 is 0 Å². The SMILES string of the molecule is COc1ccc(-c2nnc(CN3CCN(c4ccccc4)CC3)o2)cc1O. The molecule has 1 saturated heterocycles. The van der Waals surface area contributed by atoms with Crippen LogP contribution in [-0.2, 0) is 6.54 Å². The van der Waals surface area contributed by atoms with Crippen LogP contribution in [0.3, 0.4) is 0 Å². The van der Waals surface area contributed by atoms with Crippen LogP contribution in [0.4, 0.5) is 5.69 Å². The monoisotopic (exact) mass is 366 g/mol. The summed E-state index contributed by atoms with van der Waals surface area (Å²) in [7, 11) is 1.51. The number of para-hydroxylation sites is 1. The first-order valence-electron chi connectivity index (χ1n) is 8.95. The number of methoxy groups -OCH3 is 1. The van der Waals surface area contributed by atoms with Crippen molar-refractivity contribution >= 4 is 5.69 Å². The number of piperazine rings is 1. The van der Waals surface area contributed by atoms with E-state index in [1.807, 2.05) is 6.07 Å². The van der Waals surface area contributed by atoms with Crippen molar-refractivity contribution in [2.45, 2.75) is 6.54 Å². The van der Waals surface area contributed by atoms with Gasteiger partial charge in [0.1, 0.15) is 0 Å². The molecular formula is C20H22N4O3. The van der Waals surface area contributed by atoms with E-state index >= 15 is 0 Å². The molecule has 140 valence electrons. The number of hydrogen-bond donors (Lipinski definition) is 1. The Morgan fingerprint density at radius 1 is 1.04 bits per heavy atom. The van der Waals surface area contributed by atoms with E-state index in [4.69, 9.17) is 9.15 Å². The van der Waals surface area contributed by atoms with Crippen molar-refractivity contribution < 1.29 is 14.3 Å². The van der Waals surface area contributed by atoms with Crippen molar-refractivity contribution in [1.82, 2.24) is 15.1 Å². The van der Waals surface area contributed by atoms with Gasteiger partial charge in [0.05, 0.1) is 13.7 Å². The summed E-state index contributed by atoms with van der Waals surface area (Å²) in [6, 6.07) is 15.5. The molecule has 0 bridgehead atoms. The molecule has 0 saturated carbocycles. The van der Waals surface area contributed by atoms with Gasteiger partial charge < -0.3 is 19.2 Å². The fourth-order valence-electron chi connectivity index (χ4n) is 3.25. The maximum Gasteiger partial charge on any atom is 0.247 e. The molecule has 3 aromatic rings. The zero-order valence-corrected chi connectivity index (χ0v) is 15.2. The summed E-state index contributed by atoms with van der Waals surface area (Å²) in [6.07, 6.45) is 0. The molecular weight excluding hydrogens is 344 g/mol. The molecule has 0 aliphatic carbocycles. The van der Waals surface area contributed by atoms with Crippen LogP contribution in [0.15, 0.2) is 52.9 Å². The van der Waals surface area contributed by atoms with Gasteiger partial charge in [0.2, 0.25) is 11.8 Å². The van der Waals surface area contributed by atoms with Gasteiger partial charge in [0, 0.05) is 37.4 Å². The zero-order chi connectivity index (χ0) is 18.6. The Bertz CT molecular complexity index is 889. The molecule has 2 aromatic carbocycles. The Morgan fingerprint density at radius 2 is 1.81 bits per heavy atom. The van der Waals surface area contributed by atoms with Crippen LogP contribution in [0.25, 0.3) is 11.5 Å². The van der Waals surface area contributed by atoms with Crippen molar-refractivity contribution in [3.8, 4) is 23.0 Å². The normalized spacial score (nSPS) is 15.1. The lowest BCUT2D eigenvalue weighted by atomic mass is 10.2. The molecule has 2 heterocycles. The van der Waals surface area contributed by atoms with Gasteiger partial charge in [-0.1, -0.05) is 18.2 Å². The number of nitrogens with zero attached hydrogens (tertiary/aromatic N) is 4. The number of phenols is 1. The number of aromatic hydroxyl groups is 1. The number of ether oxygens (including phenoxy) is 1. The van der Waals surface area contributed by atoms with Gasteiger partial charge in [-0.05, 0) is 30.3 Å². The van der Waals surface area contributed by atoms with Gasteiger partial charge in [-0.2, -0.15) is 0 Å². The second-order valence-electron chi connectivity index (χ2n) is 6.49.